The van der Waals surface area contributed by atoms with E-state index >= 15 is 0 Å². The SMILES string of the molecule is C1=Cc2cc3[nH]c(cc4nc(cc5ccc(cc1n2)[nH]5)C=C4)c1c3[Se]1. The number of aromatic nitrogens is 4. The molecule has 118 valence electrons. The van der Waals surface area contributed by atoms with Gasteiger partial charge in [-0.25, -0.2) is 0 Å². The van der Waals surface area contributed by atoms with E-state index in [9.17, 15) is 0 Å². The summed E-state index contributed by atoms with van der Waals surface area (Å²) in [5.74, 6) is 0. The Morgan fingerprint density at radius 3 is 1.60 bits per heavy atom. The molecule has 0 aliphatic carbocycles. The van der Waals surface area contributed by atoms with E-state index in [1.165, 1.54) is 20.0 Å². The van der Waals surface area contributed by atoms with Crippen molar-refractivity contribution < 1.29 is 0 Å². The van der Waals surface area contributed by atoms with E-state index in [4.69, 9.17) is 9.97 Å². The summed E-state index contributed by atoms with van der Waals surface area (Å²) in [7, 11) is 0. The van der Waals surface area contributed by atoms with Gasteiger partial charge in [0, 0.05) is 0 Å². The third-order valence-corrected chi connectivity index (χ3v) is 6.62. The predicted molar refractivity (Wildman–Crippen MR) is 104 cm³/mol. The van der Waals surface area contributed by atoms with Gasteiger partial charge in [-0.15, -0.1) is 0 Å². The average molecular weight is 387 g/mol. The molecule has 3 aromatic rings. The molecule has 8 bridgehead atoms. The first-order valence-electron chi connectivity index (χ1n) is 8.09. The Morgan fingerprint density at radius 2 is 1.08 bits per heavy atom. The molecular weight excluding hydrogens is 375 g/mol. The molecular formula is C20H12N4Se. The van der Waals surface area contributed by atoms with E-state index in [0.29, 0.717) is 15.0 Å². The van der Waals surface area contributed by atoms with E-state index in [-0.39, 0.29) is 0 Å². The van der Waals surface area contributed by atoms with Crippen LogP contribution in [0.5, 0.6) is 0 Å². The van der Waals surface area contributed by atoms with Crippen LogP contribution < -0.4 is 8.92 Å². The molecule has 25 heavy (non-hydrogen) atoms. The van der Waals surface area contributed by atoms with Gasteiger partial charge in [0.25, 0.3) is 0 Å². The van der Waals surface area contributed by atoms with E-state index < -0.39 is 0 Å². The Balaban J connectivity index is 1.72. The van der Waals surface area contributed by atoms with E-state index in [1.54, 1.807) is 0 Å². The Bertz CT molecular complexity index is 1180. The zero-order valence-corrected chi connectivity index (χ0v) is 14.8. The standard InChI is InChI=1S/C20H12N4Se/c1-2-12-8-14-4-6-16(23-14)10-18-20-19(25-20)17(24-18)9-15-5-3-13(22-15)7-11(1)21-12/h1-10,21,24H. The fraction of sp³-hybridized carbons (Fsp3) is 0. The van der Waals surface area contributed by atoms with Gasteiger partial charge >= 0.3 is 149 Å². The second-order valence-corrected chi connectivity index (χ2v) is 8.39. The Labute approximate surface area is 149 Å². The Kier molecular flexibility index (Phi) is 2.59. The molecule has 6 heterocycles. The van der Waals surface area contributed by atoms with Crippen molar-refractivity contribution in [2.24, 2.45) is 0 Å². The van der Waals surface area contributed by atoms with Gasteiger partial charge in [0.2, 0.25) is 0 Å². The summed E-state index contributed by atoms with van der Waals surface area (Å²) in [6, 6.07) is 12.5. The summed E-state index contributed by atoms with van der Waals surface area (Å²) in [6.07, 6.45) is 8.24. The summed E-state index contributed by atoms with van der Waals surface area (Å²) in [4.78, 5) is 16.3. The van der Waals surface area contributed by atoms with Crippen molar-refractivity contribution >= 4 is 70.3 Å². The molecule has 3 aromatic heterocycles. The topological polar surface area (TPSA) is 57.4 Å². The van der Waals surface area contributed by atoms with Crippen molar-refractivity contribution in [1.82, 2.24) is 19.9 Å². The van der Waals surface area contributed by atoms with Crippen LogP contribution in [-0.2, 0) is 0 Å². The van der Waals surface area contributed by atoms with E-state index in [0.717, 1.165) is 33.8 Å². The summed E-state index contributed by atoms with van der Waals surface area (Å²) in [6.45, 7) is 0. The zero-order valence-electron chi connectivity index (χ0n) is 13.1. The van der Waals surface area contributed by atoms with Gasteiger partial charge in [0.15, 0.2) is 0 Å². The number of H-pyrrole nitrogens is 2. The van der Waals surface area contributed by atoms with Crippen LogP contribution in [0.25, 0.3) is 46.4 Å². The maximum atomic E-state index is 4.71. The third kappa shape index (κ3) is 2.29. The van der Waals surface area contributed by atoms with E-state index in [1.807, 2.05) is 0 Å². The Hall–Kier alpha value is -2.88. The molecule has 0 unspecified atom stereocenters. The molecule has 0 saturated heterocycles. The molecule has 0 spiro atoms. The van der Waals surface area contributed by atoms with Crippen LogP contribution in [0.15, 0.2) is 36.4 Å². The van der Waals surface area contributed by atoms with Crippen LogP contribution in [-0.4, -0.2) is 34.9 Å². The van der Waals surface area contributed by atoms with Crippen molar-refractivity contribution in [2.45, 2.75) is 0 Å². The maximum absolute atomic E-state index is 4.71. The number of hydrogen-bond acceptors (Lipinski definition) is 2. The van der Waals surface area contributed by atoms with Crippen LogP contribution in [0.3, 0.4) is 0 Å². The molecule has 6 rings (SSSR count). The molecule has 3 aliphatic rings. The van der Waals surface area contributed by atoms with Crippen molar-refractivity contribution in [3.63, 3.8) is 0 Å². The number of fused-ring (bicyclic) bond motifs is 11. The summed E-state index contributed by atoms with van der Waals surface area (Å²) in [5, 5.41) is 0. The normalized spacial score (nSPS) is 13.9. The van der Waals surface area contributed by atoms with Crippen LogP contribution in [0.1, 0.15) is 22.8 Å². The van der Waals surface area contributed by atoms with Gasteiger partial charge < -0.3 is 0 Å². The van der Waals surface area contributed by atoms with Crippen LogP contribution in [0, 0.1) is 0 Å². The summed E-state index contributed by atoms with van der Waals surface area (Å²) >= 11 is 0.496. The molecule has 3 aliphatic heterocycles. The van der Waals surface area contributed by atoms with Gasteiger partial charge in [-0.3, -0.25) is 0 Å². The monoisotopic (exact) mass is 388 g/mol. The van der Waals surface area contributed by atoms with Crippen molar-refractivity contribution in [2.75, 3.05) is 0 Å². The fourth-order valence-electron chi connectivity index (χ4n) is 3.22. The molecule has 5 heteroatoms. The molecule has 0 radical (unpaired) electrons. The van der Waals surface area contributed by atoms with Gasteiger partial charge in [0.05, 0.1) is 0 Å². The number of aromatic amines is 2. The number of nitrogens with zero attached hydrogens (tertiary/aromatic N) is 2. The van der Waals surface area contributed by atoms with Crippen molar-refractivity contribution in [1.29, 1.82) is 0 Å². The van der Waals surface area contributed by atoms with Gasteiger partial charge in [-0.2, -0.15) is 0 Å². The number of rotatable bonds is 0. The third-order valence-electron chi connectivity index (χ3n) is 4.42. The molecule has 2 N–H and O–H groups in total. The fourth-order valence-corrected chi connectivity index (χ4v) is 4.92. The summed E-state index contributed by atoms with van der Waals surface area (Å²) < 4.78 is 2.92. The minimum absolute atomic E-state index is 0.496. The second kappa shape index (κ2) is 4.82. The van der Waals surface area contributed by atoms with Crippen molar-refractivity contribution in [3.05, 3.63) is 59.2 Å². The van der Waals surface area contributed by atoms with Crippen LogP contribution >= 0.6 is 0 Å². The summed E-state index contributed by atoms with van der Waals surface area (Å²) in [5.41, 5.74) is 8.37. The van der Waals surface area contributed by atoms with Crippen molar-refractivity contribution in [3.8, 4) is 0 Å². The number of nitrogens with one attached hydrogen (secondary N) is 2. The van der Waals surface area contributed by atoms with Gasteiger partial charge in [-0.1, -0.05) is 0 Å². The molecule has 0 saturated carbocycles. The first kappa shape index (κ1) is 13.4. The quantitative estimate of drug-likeness (QED) is 0.394. The number of hydrogen-bond donors (Lipinski definition) is 2. The first-order chi connectivity index (χ1) is 12.3. The second-order valence-electron chi connectivity index (χ2n) is 6.25. The minimum atomic E-state index is 0.496. The first-order valence-corrected chi connectivity index (χ1v) is 9.81. The predicted octanol–water partition coefficient (Wildman–Crippen LogP) is 2.62. The average Bonchev–Trinajstić information content (AvgIpc) is 2.97. The van der Waals surface area contributed by atoms with E-state index in [2.05, 4.69) is 70.7 Å². The Morgan fingerprint density at radius 1 is 0.600 bits per heavy atom. The molecule has 0 atom stereocenters. The van der Waals surface area contributed by atoms with Gasteiger partial charge in [0.1, 0.15) is 0 Å². The van der Waals surface area contributed by atoms with Gasteiger partial charge in [-0.05, 0) is 0 Å². The zero-order chi connectivity index (χ0) is 16.4. The molecule has 0 aromatic carbocycles. The van der Waals surface area contributed by atoms with Crippen LogP contribution in [0.2, 0.25) is 0 Å². The molecule has 4 nitrogen and oxygen atoms in total. The molecule has 0 amide bonds. The molecule has 0 fully saturated rings. The van der Waals surface area contributed by atoms with Crippen LogP contribution in [0.4, 0.5) is 0 Å².